The van der Waals surface area contributed by atoms with Crippen LogP contribution in [0.5, 0.6) is 0 Å². The molecule has 0 atom stereocenters. The lowest BCUT2D eigenvalue weighted by molar-refractivity contribution is 0.382. The predicted molar refractivity (Wildman–Crippen MR) is 91.7 cm³/mol. The molecule has 0 aromatic rings. The molecule has 18 heavy (non-hydrogen) atoms. The summed E-state index contributed by atoms with van der Waals surface area (Å²) in [6.45, 7) is 2.30. The molecule has 1 rings (SSSR count). The Balaban J connectivity index is 1.86. The first-order chi connectivity index (χ1) is 8.77. The standard InChI is InChI=1S/C17H33I/c1-2-3-4-5-6-7-8-9-11-14-17(18)15-12-10-13-16-17/h2-16H2,1H3. The molecule has 1 saturated carbocycles. The van der Waals surface area contributed by atoms with E-state index in [1.807, 2.05) is 0 Å². The minimum absolute atomic E-state index is 0.692. The summed E-state index contributed by atoms with van der Waals surface area (Å²) in [5.41, 5.74) is 0. The summed E-state index contributed by atoms with van der Waals surface area (Å²) in [5.74, 6) is 0. The van der Waals surface area contributed by atoms with Crippen molar-refractivity contribution in [2.24, 2.45) is 0 Å². The lowest BCUT2D eigenvalue weighted by Gasteiger charge is -2.31. The molecule has 0 aromatic heterocycles. The fourth-order valence-corrected chi connectivity index (χ4v) is 4.33. The lowest BCUT2D eigenvalue weighted by Crippen LogP contribution is -2.23. The highest BCUT2D eigenvalue weighted by atomic mass is 127. The zero-order valence-corrected chi connectivity index (χ0v) is 14.6. The largest absolute Gasteiger partial charge is 0.0789 e. The van der Waals surface area contributed by atoms with Crippen molar-refractivity contribution >= 4 is 22.6 Å². The van der Waals surface area contributed by atoms with Gasteiger partial charge in [-0.15, -0.1) is 0 Å². The Kier molecular flexibility index (Phi) is 9.80. The van der Waals surface area contributed by atoms with Gasteiger partial charge in [0.05, 0.1) is 0 Å². The molecular weight excluding hydrogens is 331 g/mol. The van der Waals surface area contributed by atoms with Crippen molar-refractivity contribution in [1.82, 2.24) is 0 Å². The molecule has 0 aliphatic heterocycles. The maximum atomic E-state index is 2.77. The van der Waals surface area contributed by atoms with E-state index in [1.165, 1.54) is 96.3 Å². The van der Waals surface area contributed by atoms with E-state index >= 15 is 0 Å². The molecule has 0 radical (unpaired) electrons. The van der Waals surface area contributed by atoms with Crippen molar-refractivity contribution < 1.29 is 0 Å². The van der Waals surface area contributed by atoms with E-state index in [1.54, 1.807) is 0 Å². The second kappa shape index (κ2) is 10.5. The number of hydrogen-bond donors (Lipinski definition) is 0. The highest BCUT2D eigenvalue weighted by Crippen LogP contribution is 2.40. The first kappa shape index (κ1) is 16.8. The maximum absolute atomic E-state index is 2.77. The van der Waals surface area contributed by atoms with Crippen molar-refractivity contribution in [1.29, 1.82) is 0 Å². The van der Waals surface area contributed by atoms with Crippen LogP contribution >= 0.6 is 22.6 Å². The molecule has 0 bridgehead atoms. The van der Waals surface area contributed by atoms with Gasteiger partial charge in [-0.2, -0.15) is 0 Å². The normalized spacial score (nSPS) is 19.0. The molecular formula is C17H33I. The number of halogens is 1. The first-order valence-electron chi connectivity index (χ1n) is 8.46. The molecule has 0 nitrogen and oxygen atoms in total. The van der Waals surface area contributed by atoms with Crippen LogP contribution in [0.2, 0.25) is 0 Å². The monoisotopic (exact) mass is 364 g/mol. The van der Waals surface area contributed by atoms with Gasteiger partial charge < -0.3 is 0 Å². The Morgan fingerprint density at radius 2 is 1.22 bits per heavy atom. The van der Waals surface area contributed by atoms with E-state index in [2.05, 4.69) is 29.5 Å². The molecule has 0 heterocycles. The van der Waals surface area contributed by atoms with Gasteiger partial charge in [-0.1, -0.05) is 107 Å². The van der Waals surface area contributed by atoms with E-state index in [-0.39, 0.29) is 0 Å². The highest BCUT2D eigenvalue weighted by molar-refractivity contribution is 14.1. The highest BCUT2D eigenvalue weighted by Gasteiger charge is 2.27. The third kappa shape index (κ3) is 8.01. The molecule has 0 unspecified atom stereocenters. The van der Waals surface area contributed by atoms with Gasteiger partial charge in [-0.25, -0.2) is 0 Å². The van der Waals surface area contributed by atoms with E-state index < -0.39 is 0 Å². The zero-order valence-electron chi connectivity index (χ0n) is 12.5. The Morgan fingerprint density at radius 3 is 1.78 bits per heavy atom. The molecule has 1 heteroatoms. The predicted octanol–water partition coefficient (Wildman–Crippen LogP) is 7.05. The number of rotatable bonds is 10. The van der Waals surface area contributed by atoms with E-state index in [0.717, 1.165) is 0 Å². The fourth-order valence-electron chi connectivity index (χ4n) is 3.19. The van der Waals surface area contributed by atoms with Crippen LogP contribution in [0.25, 0.3) is 0 Å². The Bertz CT molecular complexity index is 182. The molecule has 0 amide bonds. The minimum atomic E-state index is 0.692. The van der Waals surface area contributed by atoms with Crippen LogP contribution in [-0.4, -0.2) is 3.42 Å². The van der Waals surface area contributed by atoms with Gasteiger partial charge in [0.1, 0.15) is 0 Å². The summed E-state index contributed by atoms with van der Waals surface area (Å²) in [7, 11) is 0. The van der Waals surface area contributed by atoms with Crippen LogP contribution in [-0.2, 0) is 0 Å². The van der Waals surface area contributed by atoms with Crippen LogP contribution in [0, 0.1) is 0 Å². The Labute approximate surface area is 129 Å². The van der Waals surface area contributed by atoms with E-state index in [0.29, 0.717) is 3.42 Å². The molecule has 0 aromatic carbocycles. The third-order valence-corrected chi connectivity index (χ3v) is 6.10. The zero-order chi connectivity index (χ0) is 13.1. The van der Waals surface area contributed by atoms with Gasteiger partial charge >= 0.3 is 0 Å². The van der Waals surface area contributed by atoms with Crippen molar-refractivity contribution in [3.8, 4) is 0 Å². The number of alkyl halides is 1. The third-order valence-electron chi connectivity index (χ3n) is 4.48. The summed E-state index contributed by atoms with van der Waals surface area (Å²) in [6, 6.07) is 0. The number of hydrogen-bond acceptors (Lipinski definition) is 0. The molecule has 0 spiro atoms. The van der Waals surface area contributed by atoms with Gasteiger partial charge in [0.2, 0.25) is 0 Å². The van der Waals surface area contributed by atoms with Gasteiger partial charge in [0.25, 0.3) is 0 Å². The number of unbranched alkanes of at least 4 members (excludes halogenated alkanes) is 8. The van der Waals surface area contributed by atoms with Crippen LogP contribution in [0.4, 0.5) is 0 Å². The summed E-state index contributed by atoms with van der Waals surface area (Å²) < 4.78 is 0.692. The minimum Gasteiger partial charge on any atom is -0.0789 e. The summed E-state index contributed by atoms with van der Waals surface area (Å²) in [4.78, 5) is 0. The van der Waals surface area contributed by atoms with Gasteiger partial charge in [-0.05, 0) is 19.3 Å². The smallest absolute Gasteiger partial charge is 0.0222 e. The van der Waals surface area contributed by atoms with Crippen LogP contribution in [0.15, 0.2) is 0 Å². The van der Waals surface area contributed by atoms with Crippen LogP contribution in [0.1, 0.15) is 103 Å². The average molecular weight is 364 g/mol. The molecule has 1 aliphatic rings. The topological polar surface area (TPSA) is 0 Å². The second-order valence-electron chi connectivity index (χ2n) is 6.29. The fraction of sp³-hybridized carbons (Fsp3) is 1.00. The molecule has 0 N–H and O–H groups in total. The van der Waals surface area contributed by atoms with Crippen molar-refractivity contribution in [2.75, 3.05) is 0 Å². The Hall–Kier alpha value is 0.730. The SMILES string of the molecule is CCCCCCCCCCCC1(I)CCCCC1. The average Bonchev–Trinajstić information content (AvgIpc) is 2.38. The van der Waals surface area contributed by atoms with E-state index in [9.17, 15) is 0 Å². The van der Waals surface area contributed by atoms with Gasteiger partial charge in [-0.3, -0.25) is 0 Å². The van der Waals surface area contributed by atoms with Crippen molar-refractivity contribution in [3.63, 3.8) is 0 Å². The first-order valence-corrected chi connectivity index (χ1v) is 9.54. The summed E-state index contributed by atoms with van der Waals surface area (Å²) >= 11 is 2.77. The molecule has 1 fully saturated rings. The summed E-state index contributed by atoms with van der Waals surface area (Å²) in [5, 5.41) is 0. The van der Waals surface area contributed by atoms with Crippen LogP contribution < -0.4 is 0 Å². The maximum Gasteiger partial charge on any atom is 0.0222 e. The lowest BCUT2D eigenvalue weighted by atomic mass is 9.85. The van der Waals surface area contributed by atoms with Gasteiger partial charge in [0, 0.05) is 3.42 Å². The molecule has 1 aliphatic carbocycles. The van der Waals surface area contributed by atoms with Crippen LogP contribution in [0.3, 0.4) is 0 Å². The Morgan fingerprint density at radius 1 is 0.722 bits per heavy atom. The summed E-state index contributed by atoms with van der Waals surface area (Å²) in [6.07, 6.45) is 22.1. The van der Waals surface area contributed by atoms with E-state index in [4.69, 9.17) is 0 Å². The van der Waals surface area contributed by atoms with Crippen molar-refractivity contribution in [2.45, 2.75) is 107 Å². The van der Waals surface area contributed by atoms with Crippen molar-refractivity contribution in [3.05, 3.63) is 0 Å². The molecule has 0 saturated heterocycles. The second-order valence-corrected chi connectivity index (χ2v) is 8.58. The molecule has 108 valence electrons. The van der Waals surface area contributed by atoms with Gasteiger partial charge in [0.15, 0.2) is 0 Å². The quantitative estimate of drug-likeness (QED) is 0.221.